The van der Waals surface area contributed by atoms with Crippen molar-refractivity contribution in [3.63, 3.8) is 0 Å². The summed E-state index contributed by atoms with van der Waals surface area (Å²) in [5, 5.41) is 2.92. The summed E-state index contributed by atoms with van der Waals surface area (Å²) in [4.78, 5) is 40.9. The highest BCUT2D eigenvalue weighted by molar-refractivity contribution is 5.80. The Morgan fingerprint density at radius 1 is 0.938 bits per heavy atom. The van der Waals surface area contributed by atoms with Gasteiger partial charge in [0.1, 0.15) is 6.54 Å². The molecule has 0 saturated carbocycles. The smallest absolute Gasteiger partial charge is 0.317 e. The lowest BCUT2D eigenvalue weighted by atomic mass is 10.0. The van der Waals surface area contributed by atoms with Gasteiger partial charge in [0.2, 0.25) is 5.91 Å². The predicted molar refractivity (Wildman–Crippen MR) is 126 cm³/mol. The van der Waals surface area contributed by atoms with Crippen LogP contribution >= 0.6 is 0 Å². The molecule has 1 amide bonds. The van der Waals surface area contributed by atoms with E-state index in [-0.39, 0.29) is 12.5 Å². The number of nitrogens with one attached hydrogen (secondary N) is 1. The number of carbonyl (C=O) groups is 1. The van der Waals surface area contributed by atoms with Gasteiger partial charge in [-0.05, 0) is 44.0 Å². The van der Waals surface area contributed by atoms with E-state index in [0.717, 1.165) is 18.7 Å². The molecule has 0 radical (unpaired) electrons. The number of para-hydroxylation sites is 2. The molecule has 7 nitrogen and oxygen atoms in total. The molecular formula is C25H30N4O3. The molecule has 1 atom stereocenters. The number of amides is 1. The Kier molecular flexibility index (Phi) is 6.85. The molecule has 3 aromatic rings. The van der Waals surface area contributed by atoms with Crippen molar-refractivity contribution in [3.05, 3.63) is 80.9 Å². The quantitative estimate of drug-likeness (QED) is 0.579. The molecule has 1 saturated heterocycles. The van der Waals surface area contributed by atoms with Gasteiger partial charge in [0.05, 0.1) is 17.6 Å². The van der Waals surface area contributed by atoms with E-state index in [9.17, 15) is 14.4 Å². The number of fused-ring (bicyclic) bond motifs is 1. The molecule has 168 valence electrons. The van der Waals surface area contributed by atoms with Gasteiger partial charge in [-0.1, -0.05) is 48.9 Å². The molecule has 0 bridgehead atoms. The van der Waals surface area contributed by atoms with Gasteiger partial charge in [0.15, 0.2) is 0 Å². The Labute approximate surface area is 187 Å². The average molecular weight is 435 g/mol. The van der Waals surface area contributed by atoms with E-state index in [4.69, 9.17) is 0 Å². The third-order valence-electron chi connectivity index (χ3n) is 6.28. The first kappa shape index (κ1) is 22.0. The summed E-state index contributed by atoms with van der Waals surface area (Å²) in [7, 11) is 0. The molecule has 1 aliphatic heterocycles. The molecular weight excluding hydrogens is 404 g/mol. The van der Waals surface area contributed by atoms with Gasteiger partial charge >= 0.3 is 11.1 Å². The molecule has 1 fully saturated rings. The van der Waals surface area contributed by atoms with Crippen molar-refractivity contribution in [2.45, 2.75) is 45.3 Å². The summed E-state index contributed by atoms with van der Waals surface area (Å²) >= 11 is 0. The van der Waals surface area contributed by atoms with Gasteiger partial charge in [0, 0.05) is 19.1 Å². The number of hydrogen-bond acceptors (Lipinski definition) is 4. The molecule has 1 N–H and O–H groups in total. The second-order valence-corrected chi connectivity index (χ2v) is 8.49. The summed E-state index contributed by atoms with van der Waals surface area (Å²) in [5.41, 5.74) is 0.840. The van der Waals surface area contributed by atoms with Crippen LogP contribution in [0.25, 0.3) is 11.0 Å². The van der Waals surface area contributed by atoms with Gasteiger partial charge in [-0.25, -0.2) is 0 Å². The third-order valence-corrected chi connectivity index (χ3v) is 6.28. The van der Waals surface area contributed by atoms with Crippen LogP contribution < -0.4 is 16.4 Å². The van der Waals surface area contributed by atoms with Gasteiger partial charge < -0.3 is 5.32 Å². The van der Waals surface area contributed by atoms with Gasteiger partial charge in [0.25, 0.3) is 0 Å². The monoisotopic (exact) mass is 434 g/mol. The lowest BCUT2D eigenvalue weighted by molar-refractivity contribution is -0.121. The van der Waals surface area contributed by atoms with Crippen LogP contribution in [0.5, 0.6) is 0 Å². The molecule has 1 aliphatic rings. The van der Waals surface area contributed by atoms with Crippen molar-refractivity contribution in [1.82, 2.24) is 19.4 Å². The Hall–Kier alpha value is -3.19. The first-order valence-corrected chi connectivity index (χ1v) is 11.3. The third kappa shape index (κ3) is 4.83. The van der Waals surface area contributed by atoms with E-state index < -0.39 is 11.1 Å². The molecule has 4 rings (SSSR count). The number of aromatic nitrogens is 2. The number of benzene rings is 2. The Bertz CT molecular complexity index is 1200. The second-order valence-electron chi connectivity index (χ2n) is 8.49. The maximum absolute atomic E-state index is 12.9. The molecule has 2 aromatic carbocycles. The van der Waals surface area contributed by atoms with Gasteiger partial charge in [-0.3, -0.25) is 28.4 Å². The molecule has 32 heavy (non-hydrogen) atoms. The van der Waals surface area contributed by atoms with Crippen LogP contribution in [0.1, 0.15) is 31.7 Å². The topological polar surface area (TPSA) is 76.3 Å². The van der Waals surface area contributed by atoms with Crippen LogP contribution in [-0.2, 0) is 17.9 Å². The summed E-state index contributed by atoms with van der Waals surface area (Å²) in [6.07, 6.45) is 3.64. The predicted octanol–water partition coefficient (Wildman–Crippen LogP) is 2.20. The van der Waals surface area contributed by atoms with E-state index in [1.165, 1.54) is 28.4 Å². The Balaban J connectivity index is 1.53. The zero-order valence-electron chi connectivity index (χ0n) is 18.5. The van der Waals surface area contributed by atoms with E-state index in [1.807, 2.05) is 48.5 Å². The standard InChI is InChI=1S/C25H30N4O3/c1-19-9-7-8-15-27(19)16-14-26-23(30)18-29-22-13-6-5-12-21(22)28(24(31)25(29)32)17-20-10-3-2-4-11-20/h2-6,10-13,19H,7-9,14-18H2,1H3,(H,26,30)/t19-/m1/s1. The highest BCUT2D eigenvalue weighted by Gasteiger charge is 2.18. The number of rotatable bonds is 7. The molecule has 1 aromatic heterocycles. The van der Waals surface area contributed by atoms with Crippen molar-refractivity contribution in [1.29, 1.82) is 0 Å². The minimum absolute atomic E-state index is 0.170. The van der Waals surface area contributed by atoms with Crippen LogP contribution in [0.4, 0.5) is 0 Å². The van der Waals surface area contributed by atoms with Crippen molar-refractivity contribution in [2.75, 3.05) is 19.6 Å². The van der Waals surface area contributed by atoms with Crippen molar-refractivity contribution < 1.29 is 4.79 Å². The Morgan fingerprint density at radius 2 is 1.59 bits per heavy atom. The fourth-order valence-corrected chi connectivity index (χ4v) is 4.48. The maximum atomic E-state index is 12.9. The van der Waals surface area contributed by atoms with Gasteiger partial charge in [-0.2, -0.15) is 0 Å². The molecule has 0 aliphatic carbocycles. The van der Waals surface area contributed by atoms with Crippen molar-refractivity contribution in [2.24, 2.45) is 0 Å². The lowest BCUT2D eigenvalue weighted by Gasteiger charge is -2.33. The second kappa shape index (κ2) is 9.96. The minimum Gasteiger partial charge on any atom is -0.353 e. The van der Waals surface area contributed by atoms with E-state index in [1.54, 1.807) is 6.07 Å². The SMILES string of the molecule is C[C@@H]1CCCCN1CCNC(=O)Cn1c(=O)c(=O)n(Cc2ccccc2)c2ccccc21. The van der Waals surface area contributed by atoms with Crippen LogP contribution in [0.15, 0.2) is 64.2 Å². The van der Waals surface area contributed by atoms with E-state index >= 15 is 0 Å². The fourth-order valence-electron chi connectivity index (χ4n) is 4.48. The molecule has 7 heteroatoms. The number of likely N-dealkylation sites (tertiary alicyclic amines) is 1. The van der Waals surface area contributed by atoms with Crippen LogP contribution in [0, 0.1) is 0 Å². The highest BCUT2D eigenvalue weighted by Crippen LogP contribution is 2.15. The summed E-state index contributed by atoms with van der Waals surface area (Å²) in [5.74, 6) is -0.262. The van der Waals surface area contributed by atoms with E-state index in [2.05, 4.69) is 17.1 Å². The van der Waals surface area contributed by atoms with E-state index in [0.29, 0.717) is 30.2 Å². The van der Waals surface area contributed by atoms with Crippen LogP contribution in [-0.4, -0.2) is 45.6 Å². The number of piperidine rings is 1. The first-order chi connectivity index (χ1) is 15.5. The first-order valence-electron chi connectivity index (χ1n) is 11.3. The lowest BCUT2D eigenvalue weighted by Crippen LogP contribution is -2.45. The minimum atomic E-state index is -0.681. The molecule has 0 spiro atoms. The maximum Gasteiger partial charge on any atom is 0.317 e. The van der Waals surface area contributed by atoms with Gasteiger partial charge in [-0.15, -0.1) is 0 Å². The zero-order valence-corrected chi connectivity index (χ0v) is 18.5. The fraction of sp³-hybridized carbons (Fsp3) is 0.400. The zero-order chi connectivity index (χ0) is 22.5. The number of carbonyl (C=O) groups excluding carboxylic acids is 1. The largest absolute Gasteiger partial charge is 0.353 e. The number of hydrogen-bond donors (Lipinski definition) is 1. The van der Waals surface area contributed by atoms with Crippen molar-refractivity contribution >= 4 is 16.9 Å². The number of nitrogens with zero attached hydrogens (tertiary/aromatic N) is 3. The molecule has 0 unspecified atom stereocenters. The average Bonchev–Trinajstić information content (AvgIpc) is 2.81. The normalized spacial score (nSPS) is 16.8. The van der Waals surface area contributed by atoms with Crippen LogP contribution in [0.2, 0.25) is 0 Å². The summed E-state index contributed by atoms with van der Waals surface area (Å²) in [6.45, 7) is 4.73. The highest BCUT2D eigenvalue weighted by atomic mass is 16.2. The Morgan fingerprint density at radius 3 is 2.31 bits per heavy atom. The summed E-state index contributed by atoms with van der Waals surface area (Å²) in [6, 6.07) is 17.3. The molecule has 2 heterocycles. The van der Waals surface area contributed by atoms with Crippen LogP contribution in [0.3, 0.4) is 0 Å². The van der Waals surface area contributed by atoms with Crippen molar-refractivity contribution in [3.8, 4) is 0 Å². The summed E-state index contributed by atoms with van der Waals surface area (Å²) < 4.78 is 2.77.